The lowest BCUT2D eigenvalue weighted by Gasteiger charge is -2.29. The molecule has 34 heavy (non-hydrogen) atoms. The van der Waals surface area contributed by atoms with E-state index >= 15 is 0 Å². The number of rotatable bonds is 15. The number of unbranched alkanes of at least 4 members (excludes halogenated alkanes) is 1. The number of nitrogens with one attached hydrogen (secondary N) is 2. The lowest BCUT2D eigenvalue weighted by Crippen LogP contribution is -2.57. The fraction of sp³-hybridized carbons (Fsp3) is 0.700. The molecule has 11 N–H and O–H groups in total. The predicted octanol–water partition coefficient (Wildman–Crippen LogP) is -3.37. The van der Waals surface area contributed by atoms with E-state index < -0.39 is 66.1 Å². The molecule has 1 heterocycles. The number of amides is 5. The molecular formula is C20H35N7O7. The second-order valence-corrected chi connectivity index (χ2v) is 8.22. The quantitative estimate of drug-likeness (QED) is 0.114. The third-order valence-corrected chi connectivity index (χ3v) is 5.45. The van der Waals surface area contributed by atoms with Crippen LogP contribution in [0.5, 0.6) is 0 Å². The average Bonchev–Trinajstić information content (AvgIpc) is 3.25. The molecule has 4 unspecified atom stereocenters. The van der Waals surface area contributed by atoms with Crippen LogP contribution in [0.1, 0.15) is 51.4 Å². The van der Waals surface area contributed by atoms with Gasteiger partial charge in [0.15, 0.2) is 0 Å². The summed E-state index contributed by atoms with van der Waals surface area (Å²) < 4.78 is 0. The average molecular weight is 486 g/mol. The molecule has 1 saturated heterocycles. The lowest BCUT2D eigenvalue weighted by atomic mass is 10.0. The van der Waals surface area contributed by atoms with Gasteiger partial charge in [0.2, 0.25) is 29.5 Å². The largest absolute Gasteiger partial charge is 0.480 e. The van der Waals surface area contributed by atoms with Crippen LogP contribution >= 0.6 is 0 Å². The maximum Gasteiger partial charge on any atom is 0.326 e. The Kier molecular flexibility index (Phi) is 11.9. The summed E-state index contributed by atoms with van der Waals surface area (Å²) >= 11 is 0. The molecule has 0 saturated carbocycles. The van der Waals surface area contributed by atoms with E-state index in [0.717, 1.165) is 4.90 Å². The van der Waals surface area contributed by atoms with Crippen molar-refractivity contribution in [1.29, 1.82) is 0 Å². The number of hydrogen-bond donors (Lipinski definition) is 7. The van der Waals surface area contributed by atoms with Gasteiger partial charge in [0.1, 0.15) is 18.1 Å². The molecule has 0 aromatic carbocycles. The van der Waals surface area contributed by atoms with Crippen molar-refractivity contribution in [3.63, 3.8) is 0 Å². The van der Waals surface area contributed by atoms with Crippen LogP contribution in [0.25, 0.3) is 0 Å². The van der Waals surface area contributed by atoms with Gasteiger partial charge in [-0.3, -0.25) is 24.0 Å². The van der Waals surface area contributed by atoms with E-state index in [4.69, 9.17) is 22.9 Å². The fourth-order valence-corrected chi connectivity index (χ4v) is 3.65. The molecule has 0 aromatic rings. The van der Waals surface area contributed by atoms with Crippen LogP contribution in [-0.4, -0.2) is 82.8 Å². The number of carbonyl (C=O) groups excluding carboxylic acids is 5. The van der Waals surface area contributed by atoms with Gasteiger partial charge >= 0.3 is 5.97 Å². The fourth-order valence-electron chi connectivity index (χ4n) is 3.65. The van der Waals surface area contributed by atoms with Gasteiger partial charge in [-0.15, -0.1) is 0 Å². The number of nitrogens with zero attached hydrogens (tertiary/aromatic N) is 1. The Balaban J connectivity index is 3.01. The van der Waals surface area contributed by atoms with Crippen LogP contribution in [0.4, 0.5) is 0 Å². The molecule has 1 fully saturated rings. The highest BCUT2D eigenvalue weighted by molar-refractivity contribution is 5.95. The van der Waals surface area contributed by atoms with E-state index in [1.165, 1.54) is 0 Å². The number of likely N-dealkylation sites (tertiary alicyclic amines) is 1. The molecule has 0 spiro atoms. The van der Waals surface area contributed by atoms with Crippen LogP contribution < -0.4 is 33.6 Å². The Morgan fingerprint density at radius 2 is 1.59 bits per heavy atom. The van der Waals surface area contributed by atoms with Crippen LogP contribution in [0.2, 0.25) is 0 Å². The first kappa shape index (κ1) is 28.8. The number of nitrogens with two attached hydrogens (primary N) is 4. The molecule has 1 aliphatic heterocycles. The summed E-state index contributed by atoms with van der Waals surface area (Å²) in [6.07, 6.45) is 1.15. The third-order valence-electron chi connectivity index (χ3n) is 5.45. The molecule has 5 amide bonds. The maximum absolute atomic E-state index is 13.1. The maximum atomic E-state index is 13.1. The molecule has 0 radical (unpaired) electrons. The van der Waals surface area contributed by atoms with Crippen molar-refractivity contribution >= 4 is 35.5 Å². The lowest BCUT2D eigenvalue weighted by molar-refractivity contribution is -0.149. The Morgan fingerprint density at radius 3 is 2.15 bits per heavy atom. The molecule has 0 bridgehead atoms. The molecule has 0 aromatic heterocycles. The number of carboxylic acids is 1. The SMILES string of the molecule is NCCCCC(NC(=O)C(N)CC(N)=O)C(=O)NC(CCC(N)=O)C(=O)N1CCCC1C(=O)O. The first-order valence-electron chi connectivity index (χ1n) is 11.1. The van der Waals surface area contributed by atoms with Gasteiger partial charge in [-0.2, -0.15) is 0 Å². The zero-order chi connectivity index (χ0) is 25.8. The van der Waals surface area contributed by atoms with Crippen molar-refractivity contribution in [3.05, 3.63) is 0 Å². The van der Waals surface area contributed by atoms with E-state index in [0.29, 0.717) is 25.8 Å². The van der Waals surface area contributed by atoms with Crippen molar-refractivity contribution in [1.82, 2.24) is 15.5 Å². The second-order valence-electron chi connectivity index (χ2n) is 8.22. The number of carboxylic acid groups (broad SMARTS) is 1. The molecule has 4 atom stereocenters. The van der Waals surface area contributed by atoms with E-state index in [-0.39, 0.29) is 32.2 Å². The first-order chi connectivity index (χ1) is 16.0. The van der Waals surface area contributed by atoms with E-state index in [1.54, 1.807) is 0 Å². The van der Waals surface area contributed by atoms with Gasteiger partial charge in [-0.1, -0.05) is 0 Å². The van der Waals surface area contributed by atoms with Gasteiger partial charge < -0.3 is 43.6 Å². The van der Waals surface area contributed by atoms with Crippen LogP contribution in [-0.2, 0) is 28.8 Å². The van der Waals surface area contributed by atoms with Gasteiger partial charge in [-0.25, -0.2) is 4.79 Å². The number of carbonyl (C=O) groups is 6. The molecule has 1 rings (SSSR count). The molecule has 192 valence electrons. The van der Waals surface area contributed by atoms with Crippen molar-refractivity contribution in [2.75, 3.05) is 13.1 Å². The minimum absolute atomic E-state index is 0.145. The Labute approximate surface area is 197 Å². The molecule has 0 aliphatic carbocycles. The smallest absolute Gasteiger partial charge is 0.326 e. The molecule has 14 nitrogen and oxygen atoms in total. The molecule has 1 aliphatic rings. The summed E-state index contributed by atoms with van der Waals surface area (Å²) in [5.41, 5.74) is 21.4. The first-order valence-corrected chi connectivity index (χ1v) is 11.1. The third kappa shape index (κ3) is 9.31. The van der Waals surface area contributed by atoms with Gasteiger partial charge in [0.05, 0.1) is 12.5 Å². The highest BCUT2D eigenvalue weighted by atomic mass is 16.4. The Morgan fingerprint density at radius 1 is 0.941 bits per heavy atom. The highest BCUT2D eigenvalue weighted by Crippen LogP contribution is 2.19. The monoisotopic (exact) mass is 485 g/mol. The van der Waals surface area contributed by atoms with Crippen molar-refractivity contribution in [2.24, 2.45) is 22.9 Å². The minimum atomic E-state index is -1.27. The summed E-state index contributed by atoms with van der Waals surface area (Å²) in [6.45, 7) is 0.548. The summed E-state index contributed by atoms with van der Waals surface area (Å²) in [6, 6.07) is -4.65. The molecule has 14 heteroatoms. The van der Waals surface area contributed by atoms with Crippen molar-refractivity contribution < 1.29 is 33.9 Å². The molecular weight excluding hydrogens is 450 g/mol. The van der Waals surface area contributed by atoms with Gasteiger partial charge in [-0.05, 0) is 45.1 Å². The summed E-state index contributed by atoms with van der Waals surface area (Å²) in [5.74, 6) is -4.82. The number of aliphatic carboxylic acids is 1. The summed E-state index contributed by atoms with van der Waals surface area (Å²) in [4.78, 5) is 73.4. The van der Waals surface area contributed by atoms with Gasteiger partial charge in [0, 0.05) is 13.0 Å². The van der Waals surface area contributed by atoms with E-state index in [1.807, 2.05) is 0 Å². The normalized spacial score (nSPS) is 17.9. The van der Waals surface area contributed by atoms with Crippen molar-refractivity contribution in [2.45, 2.75) is 75.5 Å². The summed E-state index contributed by atoms with van der Waals surface area (Å²) in [5, 5.41) is 14.3. The van der Waals surface area contributed by atoms with E-state index in [2.05, 4.69) is 10.6 Å². The number of primary amides is 2. The Hall–Kier alpha value is -3.26. The topological polar surface area (TPSA) is 254 Å². The Bertz CT molecular complexity index is 776. The predicted molar refractivity (Wildman–Crippen MR) is 119 cm³/mol. The summed E-state index contributed by atoms with van der Waals surface area (Å²) in [7, 11) is 0. The highest BCUT2D eigenvalue weighted by Gasteiger charge is 2.38. The second kappa shape index (κ2) is 14.1. The zero-order valence-electron chi connectivity index (χ0n) is 19.0. The van der Waals surface area contributed by atoms with Crippen LogP contribution in [0.15, 0.2) is 0 Å². The van der Waals surface area contributed by atoms with Crippen LogP contribution in [0, 0.1) is 0 Å². The minimum Gasteiger partial charge on any atom is -0.480 e. The van der Waals surface area contributed by atoms with Crippen LogP contribution in [0.3, 0.4) is 0 Å². The van der Waals surface area contributed by atoms with Crippen molar-refractivity contribution in [3.8, 4) is 0 Å². The standard InChI is InChI=1S/C20H35N7O7/c21-8-2-1-4-12(25-17(30)11(22)10-16(24)29)18(31)26-13(6-7-15(23)28)19(32)27-9-3-5-14(27)20(33)34/h11-14H,1-10,21-22H2,(H2,23,28)(H2,24,29)(H,25,30)(H,26,31)(H,33,34). The zero-order valence-corrected chi connectivity index (χ0v) is 19.0. The van der Waals surface area contributed by atoms with Gasteiger partial charge in [0.25, 0.3) is 0 Å². The van der Waals surface area contributed by atoms with E-state index in [9.17, 15) is 33.9 Å². The number of hydrogen-bond acceptors (Lipinski definition) is 8.